The van der Waals surface area contributed by atoms with E-state index in [2.05, 4.69) is 4.98 Å². The first-order chi connectivity index (χ1) is 14.5. The van der Waals surface area contributed by atoms with Gasteiger partial charge in [0.15, 0.2) is 0 Å². The molecule has 2 aliphatic carbocycles. The van der Waals surface area contributed by atoms with Gasteiger partial charge in [0.25, 0.3) is 0 Å². The number of benzene rings is 2. The van der Waals surface area contributed by atoms with E-state index in [-0.39, 0.29) is 29.0 Å². The molecule has 2 aliphatic rings. The highest BCUT2D eigenvalue weighted by Crippen LogP contribution is 2.65. The average molecular weight is 423 g/mol. The maximum Gasteiger partial charge on any atom is 0.221 e. The number of nitrogens with zero attached hydrogens (tertiary/aromatic N) is 1. The third kappa shape index (κ3) is 3.18. The van der Waals surface area contributed by atoms with Crippen LogP contribution >= 0.6 is 11.6 Å². The summed E-state index contributed by atoms with van der Waals surface area (Å²) in [5, 5.41) is 1.61. The molecule has 1 aromatic heterocycles. The zero-order valence-corrected chi connectivity index (χ0v) is 17.4. The van der Waals surface area contributed by atoms with E-state index in [0.29, 0.717) is 10.9 Å². The summed E-state index contributed by atoms with van der Waals surface area (Å²) in [6, 6.07) is 14.7. The van der Waals surface area contributed by atoms with Gasteiger partial charge in [0.05, 0.1) is 5.52 Å². The highest BCUT2D eigenvalue weighted by molar-refractivity contribution is 6.30. The molecule has 2 atom stereocenters. The summed E-state index contributed by atoms with van der Waals surface area (Å²) in [7, 11) is 0. The van der Waals surface area contributed by atoms with Crippen LogP contribution in [-0.4, -0.2) is 10.9 Å². The molecular formula is C25H24ClFN2O. The topological polar surface area (TPSA) is 56.0 Å². The Kier molecular flexibility index (Phi) is 4.78. The van der Waals surface area contributed by atoms with Crippen LogP contribution in [-0.2, 0) is 4.79 Å². The molecule has 1 spiro atoms. The van der Waals surface area contributed by atoms with E-state index < -0.39 is 0 Å². The quantitative estimate of drug-likeness (QED) is 0.566. The molecule has 2 unspecified atom stereocenters. The predicted octanol–water partition coefficient (Wildman–Crippen LogP) is 5.96. The highest BCUT2D eigenvalue weighted by Gasteiger charge is 2.57. The highest BCUT2D eigenvalue weighted by atomic mass is 35.5. The molecule has 0 aliphatic heterocycles. The minimum Gasteiger partial charge on any atom is -0.369 e. The molecular weight excluding hydrogens is 399 g/mol. The van der Waals surface area contributed by atoms with Crippen molar-refractivity contribution in [3.05, 3.63) is 76.7 Å². The molecule has 154 valence electrons. The van der Waals surface area contributed by atoms with Crippen LogP contribution in [0.2, 0.25) is 5.02 Å². The number of hydrogen-bond donors (Lipinski definition) is 1. The van der Waals surface area contributed by atoms with Gasteiger partial charge in [-0.15, -0.1) is 0 Å². The Labute approximate surface area is 180 Å². The second-order valence-corrected chi connectivity index (χ2v) is 9.38. The molecule has 2 aromatic carbocycles. The monoisotopic (exact) mass is 422 g/mol. The lowest BCUT2D eigenvalue weighted by atomic mass is 9.46. The number of carbonyl (C=O) groups is 1. The van der Waals surface area contributed by atoms with Gasteiger partial charge in [-0.2, -0.15) is 0 Å². The van der Waals surface area contributed by atoms with Crippen molar-refractivity contribution >= 4 is 28.4 Å². The van der Waals surface area contributed by atoms with Gasteiger partial charge in [-0.05, 0) is 91.0 Å². The number of hydrogen-bond acceptors (Lipinski definition) is 2. The van der Waals surface area contributed by atoms with E-state index >= 15 is 0 Å². The van der Waals surface area contributed by atoms with Crippen LogP contribution in [0.3, 0.4) is 0 Å². The van der Waals surface area contributed by atoms with E-state index in [1.54, 1.807) is 12.1 Å². The van der Waals surface area contributed by atoms with Crippen LogP contribution in [0.4, 0.5) is 4.39 Å². The first-order valence-electron chi connectivity index (χ1n) is 10.6. The van der Waals surface area contributed by atoms with Crippen LogP contribution in [0, 0.1) is 17.2 Å². The Morgan fingerprint density at radius 3 is 2.53 bits per heavy atom. The minimum absolute atomic E-state index is 0.109. The van der Waals surface area contributed by atoms with Crippen molar-refractivity contribution in [3.63, 3.8) is 0 Å². The number of aromatic nitrogens is 1. The first-order valence-corrected chi connectivity index (χ1v) is 10.9. The van der Waals surface area contributed by atoms with E-state index in [1.165, 1.54) is 11.6 Å². The number of fused-ring (bicyclic) bond motifs is 1. The van der Waals surface area contributed by atoms with Crippen LogP contribution in [0.15, 0.2) is 54.7 Å². The Balaban J connectivity index is 1.41. The summed E-state index contributed by atoms with van der Waals surface area (Å²) in [6.45, 7) is 0. The zero-order valence-electron chi connectivity index (χ0n) is 16.7. The number of primary amides is 1. The summed E-state index contributed by atoms with van der Waals surface area (Å²) in [5.41, 5.74) is 9.02. The summed E-state index contributed by atoms with van der Waals surface area (Å²) >= 11 is 6.08. The SMILES string of the molecule is NC(=O)C1CC2(CCC(c3ccnc4ccc(F)cc34)CC2)C1c1ccc(Cl)cc1. The molecule has 5 heteroatoms. The smallest absolute Gasteiger partial charge is 0.221 e. The Bertz CT molecular complexity index is 1110. The van der Waals surface area contributed by atoms with Crippen molar-refractivity contribution in [1.82, 2.24) is 4.98 Å². The number of pyridine rings is 1. The van der Waals surface area contributed by atoms with Gasteiger partial charge in [-0.25, -0.2) is 4.39 Å². The number of halogens is 2. The molecule has 3 nitrogen and oxygen atoms in total. The average Bonchev–Trinajstić information content (AvgIpc) is 2.73. The Morgan fingerprint density at radius 1 is 1.10 bits per heavy atom. The number of nitrogens with two attached hydrogens (primary N) is 1. The molecule has 2 fully saturated rings. The molecule has 3 aromatic rings. The molecule has 1 heterocycles. The standard InChI is InChI=1S/C25H24ClFN2O/c26-17-3-1-16(2-4-17)23-21(24(28)30)14-25(23)10-7-15(8-11-25)19-9-12-29-22-6-5-18(27)13-20(19)22/h1-6,9,12-13,15,21,23H,7-8,10-11,14H2,(H2,28,30). The largest absolute Gasteiger partial charge is 0.369 e. The number of carbonyl (C=O) groups excluding carboxylic acids is 1. The van der Waals surface area contributed by atoms with Gasteiger partial charge in [-0.1, -0.05) is 23.7 Å². The van der Waals surface area contributed by atoms with Crippen LogP contribution in [0.25, 0.3) is 10.9 Å². The fourth-order valence-corrected chi connectivity index (χ4v) is 6.11. The normalized spacial score (nSPS) is 28.4. The summed E-state index contributed by atoms with van der Waals surface area (Å²) in [5.74, 6) is -0.0201. The summed E-state index contributed by atoms with van der Waals surface area (Å²) in [6.07, 6.45) is 6.79. The van der Waals surface area contributed by atoms with Crippen molar-refractivity contribution in [2.75, 3.05) is 0 Å². The number of amides is 1. The fourth-order valence-electron chi connectivity index (χ4n) is 5.98. The van der Waals surface area contributed by atoms with Crippen molar-refractivity contribution in [3.8, 4) is 0 Å². The maximum absolute atomic E-state index is 13.9. The van der Waals surface area contributed by atoms with Crippen LogP contribution < -0.4 is 5.73 Å². The lowest BCUT2D eigenvalue weighted by Crippen LogP contribution is -2.52. The van der Waals surface area contributed by atoms with E-state index in [1.807, 2.05) is 36.5 Å². The molecule has 30 heavy (non-hydrogen) atoms. The summed E-state index contributed by atoms with van der Waals surface area (Å²) in [4.78, 5) is 16.5. The Morgan fingerprint density at radius 2 is 1.83 bits per heavy atom. The molecule has 5 rings (SSSR count). The zero-order chi connectivity index (χ0) is 20.9. The van der Waals surface area contributed by atoms with Crippen molar-refractivity contribution in [1.29, 1.82) is 0 Å². The lowest BCUT2D eigenvalue weighted by molar-refractivity contribution is -0.134. The van der Waals surface area contributed by atoms with Gasteiger partial charge >= 0.3 is 0 Å². The van der Waals surface area contributed by atoms with Gasteiger partial charge < -0.3 is 5.73 Å². The second kappa shape index (κ2) is 7.35. The Hall–Kier alpha value is -2.46. The maximum atomic E-state index is 13.9. The summed E-state index contributed by atoms with van der Waals surface area (Å²) < 4.78 is 13.9. The van der Waals surface area contributed by atoms with Gasteiger partial charge in [0.1, 0.15) is 5.82 Å². The van der Waals surface area contributed by atoms with E-state index in [4.69, 9.17) is 17.3 Å². The van der Waals surface area contributed by atoms with Crippen LogP contribution in [0.1, 0.15) is 55.1 Å². The van der Waals surface area contributed by atoms with Gasteiger partial charge in [-0.3, -0.25) is 9.78 Å². The minimum atomic E-state index is -0.227. The van der Waals surface area contributed by atoms with Gasteiger partial charge in [0, 0.05) is 28.4 Å². The molecule has 0 saturated heterocycles. The third-order valence-corrected chi connectivity index (χ3v) is 7.69. The number of rotatable bonds is 3. The third-order valence-electron chi connectivity index (χ3n) is 7.44. The fraction of sp³-hybridized carbons (Fsp3) is 0.360. The lowest BCUT2D eigenvalue weighted by Gasteiger charge is -2.57. The van der Waals surface area contributed by atoms with Crippen molar-refractivity contribution in [2.24, 2.45) is 17.1 Å². The molecule has 0 radical (unpaired) electrons. The molecule has 2 N–H and O–H groups in total. The van der Waals surface area contributed by atoms with Crippen LogP contribution in [0.5, 0.6) is 0 Å². The van der Waals surface area contributed by atoms with Crippen molar-refractivity contribution < 1.29 is 9.18 Å². The second-order valence-electron chi connectivity index (χ2n) is 8.94. The van der Waals surface area contributed by atoms with E-state index in [9.17, 15) is 9.18 Å². The molecule has 1 amide bonds. The molecule has 2 saturated carbocycles. The van der Waals surface area contributed by atoms with Gasteiger partial charge in [0.2, 0.25) is 5.91 Å². The van der Waals surface area contributed by atoms with Crippen molar-refractivity contribution in [2.45, 2.75) is 43.9 Å². The first kappa shape index (κ1) is 19.5. The van der Waals surface area contributed by atoms with E-state index in [0.717, 1.165) is 48.6 Å². The molecule has 0 bridgehead atoms. The predicted molar refractivity (Wildman–Crippen MR) is 117 cm³/mol.